The van der Waals surface area contributed by atoms with E-state index in [-0.39, 0.29) is 11.3 Å². The van der Waals surface area contributed by atoms with Crippen LogP contribution in [0.3, 0.4) is 0 Å². The van der Waals surface area contributed by atoms with Crippen LogP contribution in [-0.4, -0.2) is 29.3 Å². The van der Waals surface area contributed by atoms with Crippen molar-refractivity contribution in [3.8, 4) is 5.75 Å². The maximum Gasteiger partial charge on any atom is 0.257 e. The van der Waals surface area contributed by atoms with Crippen LogP contribution in [0.4, 0.5) is 5.69 Å². The molecule has 1 aromatic heterocycles. The Bertz CT molecular complexity index is 1090. The third-order valence-corrected chi connectivity index (χ3v) is 5.26. The lowest BCUT2D eigenvalue weighted by Crippen LogP contribution is -2.52. The Labute approximate surface area is 168 Å². The van der Waals surface area contributed by atoms with Gasteiger partial charge in [-0.1, -0.05) is 42.5 Å². The average Bonchev–Trinajstić information content (AvgIpc) is 3.13. The van der Waals surface area contributed by atoms with Crippen molar-refractivity contribution >= 4 is 23.7 Å². The van der Waals surface area contributed by atoms with E-state index >= 15 is 0 Å². The summed E-state index contributed by atoms with van der Waals surface area (Å²) >= 11 is 0. The first kappa shape index (κ1) is 19.0. The van der Waals surface area contributed by atoms with Gasteiger partial charge in [-0.3, -0.25) is 4.79 Å². The monoisotopic (exact) mass is 391 g/mol. The second kappa shape index (κ2) is 7.24. The molecule has 6 nitrogen and oxygen atoms in total. The molecule has 3 aromatic rings. The van der Waals surface area contributed by atoms with E-state index in [2.05, 4.69) is 5.32 Å². The van der Waals surface area contributed by atoms with Gasteiger partial charge < -0.3 is 24.7 Å². The molecule has 0 aliphatic carbocycles. The number of furan rings is 1. The van der Waals surface area contributed by atoms with E-state index in [9.17, 15) is 15.0 Å². The van der Waals surface area contributed by atoms with Gasteiger partial charge in [0.15, 0.2) is 11.7 Å². The van der Waals surface area contributed by atoms with Gasteiger partial charge in [0.1, 0.15) is 11.5 Å². The number of carbonyl (C=O) groups is 1. The Kier molecular flexibility index (Phi) is 4.74. The minimum atomic E-state index is -1.85. The predicted molar refractivity (Wildman–Crippen MR) is 109 cm³/mol. The zero-order valence-corrected chi connectivity index (χ0v) is 16.0. The van der Waals surface area contributed by atoms with Crippen molar-refractivity contribution in [1.29, 1.82) is 0 Å². The molecule has 0 spiro atoms. The highest BCUT2D eigenvalue weighted by Gasteiger charge is 2.51. The first-order valence-electron chi connectivity index (χ1n) is 9.17. The molecule has 0 saturated carbocycles. The van der Waals surface area contributed by atoms with Gasteiger partial charge in [0.25, 0.3) is 5.91 Å². The van der Waals surface area contributed by atoms with Crippen molar-refractivity contribution in [2.24, 2.45) is 0 Å². The van der Waals surface area contributed by atoms with Crippen LogP contribution in [-0.2, 0) is 15.1 Å². The lowest BCUT2D eigenvalue weighted by Gasteiger charge is -2.40. The SMILES string of the molecule is COC1C(=O)Nc2ccc(C=Cc3ccoc3C)c(O)c2C1(O)c1ccccc1. The minimum Gasteiger partial charge on any atom is -0.507 e. The summed E-state index contributed by atoms with van der Waals surface area (Å²) in [7, 11) is 1.35. The Balaban J connectivity index is 1.90. The molecule has 0 saturated heterocycles. The smallest absolute Gasteiger partial charge is 0.257 e. The highest BCUT2D eigenvalue weighted by molar-refractivity contribution is 6.00. The molecule has 1 amide bonds. The number of carbonyl (C=O) groups excluding carboxylic acids is 1. The highest BCUT2D eigenvalue weighted by atomic mass is 16.5. The maximum absolute atomic E-state index is 12.6. The number of ether oxygens (including phenoxy) is 1. The van der Waals surface area contributed by atoms with Gasteiger partial charge in [0.05, 0.1) is 17.5 Å². The number of amides is 1. The fraction of sp³-hybridized carbons (Fsp3) is 0.174. The molecule has 1 aliphatic heterocycles. The summed E-state index contributed by atoms with van der Waals surface area (Å²) in [5.41, 5.74) is 0.496. The maximum atomic E-state index is 12.6. The molecule has 2 aromatic carbocycles. The first-order chi connectivity index (χ1) is 14.0. The lowest BCUT2D eigenvalue weighted by atomic mass is 9.77. The van der Waals surface area contributed by atoms with Crippen molar-refractivity contribution in [2.75, 3.05) is 12.4 Å². The number of hydrogen-bond acceptors (Lipinski definition) is 5. The number of aryl methyl sites for hydroxylation is 1. The third-order valence-electron chi connectivity index (χ3n) is 5.26. The number of benzene rings is 2. The summed E-state index contributed by atoms with van der Waals surface area (Å²) < 4.78 is 10.6. The molecule has 0 bridgehead atoms. The zero-order chi connectivity index (χ0) is 20.6. The number of hydrogen-bond donors (Lipinski definition) is 3. The standard InChI is InChI=1S/C23H21NO5/c1-14-15(12-13-29-14)8-9-16-10-11-18-19(20(16)25)23(27,17-6-4-3-5-7-17)21(28-2)22(26)24-18/h3-13,21,25,27H,1-2H3,(H,24,26). The van der Waals surface area contributed by atoms with Crippen LogP contribution >= 0.6 is 0 Å². The molecule has 2 heterocycles. The number of aromatic hydroxyl groups is 1. The van der Waals surface area contributed by atoms with Gasteiger partial charge in [0.2, 0.25) is 0 Å². The molecule has 4 rings (SSSR count). The quantitative estimate of drug-likeness (QED) is 0.631. The summed E-state index contributed by atoms with van der Waals surface area (Å²) in [6, 6.07) is 13.9. The predicted octanol–water partition coefficient (Wildman–Crippen LogP) is 3.67. The van der Waals surface area contributed by atoms with Gasteiger partial charge in [-0.15, -0.1) is 0 Å². The highest BCUT2D eigenvalue weighted by Crippen LogP contribution is 2.47. The second-order valence-corrected chi connectivity index (χ2v) is 6.93. The molecule has 3 N–H and O–H groups in total. The second-order valence-electron chi connectivity index (χ2n) is 6.93. The van der Waals surface area contributed by atoms with E-state index in [0.29, 0.717) is 16.8 Å². The van der Waals surface area contributed by atoms with E-state index in [1.54, 1.807) is 48.7 Å². The van der Waals surface area contributed by atoms with Crippen molar-refractivity contribution in [3.05, 3.63) is 82.8 Å². The van der Waals surface area contributed by atoms with Gasteiger partial charge in [-0.05, 0) is 30.7 Å². The summed E-state index contributed by atoms with van der Waals surface area (Å²) in [5.74, 6) is 0.141. The number of aliphatic hydroxyl groups is 1. The van der Waals surface area contributed by atoms with Gasteiger partial charge in [-0.25, -0.2) is 0 Å². The van der Waals surface area contributed by atoms with Gasteiger partial charge in [0, 0.05) is 18.2 Å². The van der Waals surface area contributed by atoms with Crippen LogP contribution in [0.25, 0.3) is 12.2 Å². The van der Waals surface area contributed by atoms with Crippen molar-refractivity contribution in [1.82, 2.24) is 0 Å². The normalized spacial score (nSPS) is 21.2. The summed E-state index contributed by atoms with van der Waals surface area (Å²) in [6.07, 6.45) is 3.92. The van der Waals surface area contributed by atoms with E-state index < -0.39 is 17.6 Å². The largest absolute Gasteiger partial charge is 0.507 e. The van der Waals surface area contributed by atoms with Crippen LogP contribution in [0.15, 0.2) is 59.2 Å². The minimum absolute atomic E-state index is 0.131. The Morgan fingerprint density at radius 2 is 1.83 bits per heavy atom. The lowest BCUT2D eigenvalue weighted by molar-refractivity contribution is -0.142. The molecule has 1 aliphatic rings. The Hall–Kier alpha value is -3.35. The molecule has 0 fully saturated rings. The number of phenols is 1. The number of phenolic OH excluding ortho intramolecular Hbond substituents is 1. The molecule has 6 heteroatoms. The van der Waals surface area contributed by atoms with E-state index in [4.69, 9.17) is 9.15 Å². The molecular weight excluding hydrogens is 370 g/mol. The Morgan fingerprint density at radius 3 is 2.48 bits per heavy atom. The van der Waals surface area contributed by atoms with Crippen LogP contribution in [0.1, 0.15) is 28.0 Å². The van der Waals surface area contributed by atoms with Crippen LogP contribution in [0, 0.1) is 6.92 Å². The Morgan fingerprint density at radius 1 is 1.10 bits per heavy atom. The number of fused-ring (bicyclic) bond motifs is 1. The summed E-state index contributed by atoms with van der Waals surface area (Å²) in [4.78, 5) is 12.6. The van der Waals surface area contributed by atoms with E-state index in [1.807, 2.05) is 25.1 Å². The molecule has 0 radical (unpaired) electrons. The van der Waals surface area contributed by atoms with Crippen molar-refractivity contribution < 1.29 is 24.2 Å². The van der Waals surface area contributed by atoms with Gasteiger partial charge >= 0.3 is 0 Å². The zero-order valence-electron chi connectivity index (χ0n) is 16.0. The average molecular weight is 391 g/mol. The van der Waals surface area contributed by atoms with E-state index in [1.165, 1.54) is 7.11 Å². The molecule has 2 unspecified atom stereocenters. The third kappa shape index (κ3) is 3.03. The van der Waals surface area contributed by atoms with Crippen molar-refractivity contribution in [3.63, 3.8) is 0 Å². The van der Waals surface area contributed by atoms with Crippen LogP contribution in [0.5, 0.6) is 5.75 Å². The fourth-order valence-electron chi connectivity index (χ4n) is 3.76. The first-order valence-corrected chi connectivity index (χ1v) is 9.17. The molecule has 29 heavy (non-hydrogen) atoms. The van der Waals surface area contributed by atoms with Gasteiger partial charge in [-0.2, -0.15) is 0 Å². The summed E-state index contributed by atoms with van der Waals surface area (Å²) in [5, 5.41) is 25.5. The van der Waals surface area contributed by atoms with Crippen LogP contribution in [0.2, 0.25) is 0 Å². The molecular formula is C23H21NO5. The molecule has 2 atom stereocenters. The van der Waals surface area contributed by atoms with Crippen molar-refractivity contribution in [2.45, 2.75) is 18.6 Å². The topological polar surface area (TPSA) is 91.9 Å². The number of anilines is 1. The number of nitrogens with one attached hydrogen (secondary N) is 1. The fourth-order valence-corrected chi connectivity index (χ4v) is 3.76. The molecule has 148 valence electrons. The van der Waals surface area contributed by atoms with E-state index in [0.717, 1.165) is 11.3 Å². The van der Waals surface area contributed by atoms with Crippen LogP contribution < -0.4 is 5.32 Å². The number of methoxy groups -OCH3 is 1. The summed E-state index contributed by atoms with van der Waals surface area (Å²) in [6.45, 7) is 1.85. The number of rotatable bonds is 4.